The van der Waals surface area contributed by atoms with E-state index in [2.05, 4.69) is 47.8 Å². The summed E-state index contributed by atoms with van der Waals surface area (Å²) >= 11 is 4.08. The number of halogens is 3. The Morgan fingerprint density at radius 1 is 0.471 bits per heavy atom. The zero-order valence-electron chi connectivity index (χ0n) is 16.5. The molecule has 3 rings (SSSR count). The molecule has 3 aromatic carbocycles. The molecule has 3 aromatic rings. The molecule has 34 heavy (non-hydrogen) atoms. The SMILES string of the molecule is O=S(=O)([O][Ga]([O]S(=O)(=O)c1ccccc1Br)[O]S(=O)(=O)c1ccccc1Br)c1ccccc1Br. The summed E-state index contributed by atoms with van der Waals surface area (Å²) in [5.41, 5.74) is 0. The number of benzene rings is 3. The van der Waals surface area contributed by atoms with E-state index in [0.717, 1.165) is 0 Å². The molecule has 0 fully saturated rings. The third-order valence-electron chi connectivity index (χ3n) is 3.93. The first-order valence-electron chi connectivity index (χ1n) is 8.87. The van der Waals surface area contributed by atoms with Gasteiger partial charge in [-0.25, -0.2) is 0 Å². The first kappa shape index (κ1) is 28.0. The zero-order chi connectivity index (χ0) is 25.1. The Balaban J connectivity index is 2.04. The molecule has 0 aliphatic rings. The van der Waals surface area contributed by atoms with E-state index in [0.29, 0.717) is 0 Å². The molecule has 0 saturated heterocycles. The van der Waals surface area contributed by atoms with E-state index in [4.69, 9.17) is 8.93 Å². The van der Waals surface area contributed by atoms with Gasteiger partial charge in [0.1, 0.15) is 0 Å². The minimum absolute atomic E-state index is 0.110. The number of hydrogen-bond acceptors (Lipinski definition) is 9. The average Bonchev–Trinajstić information content (AvgIpc) is 2.73. The van der Waals surface area contributed by atoms with Crippen LogP contribution in [-0.2, 0) is 39.3 Å². The molecule has 0 saturated carbocycles. The fourth-order valence-corrected chi connectivity index (χ4v) is 15.7. The summed E-state index contributed by atoms with van der Waals surface area (Å²) < 4.78 is 92.5. The van der Waals surface area contributed by atoms with Crippen molar-refractivity contribution in [2.45, 2.75) is 14.7 Å². The van der Waals surface area contributed by atoms with Crippen molar-refractivity contribution >= 4 is 95.5 Å². The molecule has 180 valence electrons. The van der Waals surface area contributed by atoms with Gasteiger partial charge in [0, 0.05) is 0 Å². The van der Waals surface area contributed by atoms with E-state index in [1.54, 1.807) is 18.2 Å². The molecule has 0 unspecified atom stereocenters. The van der Waals surface area contributed by atoms with Gasteiger partial charge in [0.05, 0.1) is 0 Å². The van der Waals surface area contributed by atoms with Crippen molar-refractivity contribution in [1.82, 2.24) is 0 Å². The van der Waals surface area contributed by atoms with Gasteiger partial charge < -0.3 is 0 Å². The standard InChI is InChI=1S/3C6H5BrO3S.Ga/c3*7-5-3-1-2-4-6(5)11(8,9)10;/h3*1-4H,(H,8,9,10);/q;;;+3/p-3. The summed E-state index contributed by atoms with van der Waals surface area (Å²) in [5.74, 6) is 0. The summed E-state index contributed by atoms with van der Waals surface area (Å²) in [4.78, 5) is -1.10. The first-order chi connectivity index (χ1) is 15.8. The number of rotatable bonds is 9. The molecule has 0 amide bonds. The fourth-order valence-electron chi connectivity index (χ4n) is 2.46. The van der Waals surface area contributed by atoms with E-state index in [9.17, 15) is 25.3 Å². The fraction of sp³-hybridized carbons (Fsp3) is 0. The summed E-state index contributed by atoms with van der Waals surface area (Å²) in [6.07, 6.45) is 0. The Labute approximate surface area is 228 Å². The second kappa shape index (κ2) is 11.2. The quantitative estimate of drug-likeness (QED) is 0.289. The molecular formula is C18H12Br3GaO9S3. The van der Waals surface area contributed by atoms with Crippen molar-refractivity contribution in [1.29, 1.82) is 0 Å². The molecule has 0 aliphatic carbocycles. The Hall–Kier alpha value is -0.534. The van der Waals surface area contributed by atoms with Crippen molar-refractivity contribution in [2.75, 3.05) is 0 Å². The van der Waals surface area contributed by atoms with Crippen LogP contribution in [0.25, 0.3) is 0 Å². The van der Waals surface area contributed by atoms with Crippen LogP contribution < -0.4 is 0 Å². The molecule has 0 N–H and O–H groups in total. The van der Waals surface area contributed by atoms with Gasteiger partial charge in [-0.05, 0) is 0 Å². The van der Waals surface area contributed by atoms with E-state index in [-0.39, 0.29) is 28.1 Å². The van der Waals surface area contributed by atoms with Crippen LogP contribution in [0.4, 0.5) is 0 Å². The van der Waals surface area contributed by atoms with Crippen molar-refractivity contribution in [3.8, 4) is 0 Å². The predicted molar refractivity (Wildman–Crippen MR) is 133 cm³/mol. The van der Waals surface area contributed by atoms with Crippen molar-refractivity contribution in [3.63, 3.8) is 0 Å². The van der Waals surface area contributed by atoms with Gasteiger partial charge >= 0.3 is 231 Å². The Morgan fingerprint density at radius 3 is 0.941 bits per heavy atom. The molecule has 0 atom stereocenters. The summed E-state index contributed by atoms with van der Waals surface area (Å²) in [7, 11) is -14.1. The number of hydrogen-bond donors (Lipinski definition) is 0. The van der Waals surface area contributed by atoms with Crippen molar-refractivity contribution in [2.24, 2.45) is 0 Å². The molecule has 0 spiro atoms. The molecule has 0 heterocycles. The summed E-state index contributed by atoms with van der Waals surface area (Å²) in [5, 5.41) is 0. The molecule has 0 bridgehead atoms. The van der Waals surface area contributed by atoms with Crippen LogP contribution in [0.1, 0.15) is 0 Å². The van der Waals surface area contributed by atoms with Crippen LogP contribution in [0.5, 0.6) is 0 Å². The maximum atomic E-state index is 12.9. The second-order valence-electron chi connectivity index (χ2n) is 6.23. The average molecular weight is 778 g/mol. The third-order valence-corrected chi connectivity index (χ3v) is 18.5. The van der Waals surface area contributed by atoms with Gasteiger partial charge in [-0.1, -0.05) is 0 Å². The second-order valence-corrected chi connectivity index (χ2v) is 18.3. The zero-order valence-corrected chi connectivity index (χ0v) is 26.2. The molecular weight excluding hydrogens is 766 g/mol. The molecule has 0 aliphatic heterocycles. The van der Waals surface area contributed by atoms with Crippen LogP contribution in [0.2, 0.25) is 0 Å². The van der Waals surface area contributed by atoms with E-state index >= 15 is 0 Å². The Morgan fingerprint density at radius 2 is 0.706 bits per heavy atom. The van der Waals surface area contributed by atoms with Gasteiger partial charge in [0.2, 0.25) is 0 Å². The normalized spacial score (nSPS) is 12.4. The third kappa shape index (κ3) is 6.81. The van der Waals surface area contributed by atoms with E-state index in [1.165, 1.54) is 54.6 Å². The van der Waals surface area contributed by atoms with Gasteiger partial charge in [0.25, 0.3) is 0 Å². The van der Waals surface area contributed by atoms with Crippen LogP contribution in [0, 0.1) is 0 Å². The summed E-state index contributed by atoms with van der Waals surface area (Å²) in [6, 6.07) is 16.6. The predicted octanol–water partition coefficient (Wildman–Crippen LogP) is 4.48. The summed E-state index contributed by atoms with van der Waals surface area (Å²) in [6.45, 7) is 0. The topological polar surface area (TPSA) is 130 Å². The van der Waals surface area contributed by atoms with Crippen LogP contribution in [0.15, 0.2) is 101 Å². The van der Waals surface area contributed by atoms with Crippen molar-refractivity contribution < 1.29 is 34.2 Å². The van der Waals surface area contributed by atoms with E-state index in [1.807, 2.05) is 0 Å². The molecule has 9 nitrogen and oxygen atoms in total. The minimum atomic E-state index is -5.13. The van der Waals surface area contributed by atoms with E-state index < -0.39 is 47.7 Å². The van der Waals surface area contributed by atoms with Crippen LogP contribution in [0.3, 0.4) is 0 Å². The Kier molecular flexibility index (Phi) is 9.28. The van der Waals surface area contributed by atoms with Crippen molar-refractivity contribution in [3.05, 3.63) is 86.2 Å². The van der Waals surface area contributed by atoms with Crippen LogP contribution >= 0.6 is 47.8 Å². The molecule has 16 heteroatoms. The molecule has 0 radical (unpaired) electrons. The monoisotopic (exact) mass is 774 g/mol. The van der Waals surface area contributed by atoms with Crippen LogP contribution in [-0.4, -0.2) is 42.6 Å². The van der Waals surface area contributed by atoms with Gasteiger partial charge in [-0.15, -0.1) is 0 Å². The molecule has 0 aromatic heterocycles. The van der Waals surface area contributed by atoms with Gasteiger partial charge in [0.15, 0.2) is 0 Å². The van der Waals surface area contributed by atoms with Gasteiger partial charge in [-0.3, -0.25) is 0 Å². The van der Waals surface area contributed by atoms with Gasteiger partial charge in [-0.2, -0.15) is 0 Å². The first-order valence-corrected chi connectivity index (χ1v) is 18.4. The Bertz CT molecular complexity index is 1340. The maximum absolute atomic E-state index is 12.9.